The summed E-state index contributed by atoms with van der Waals surface area (Å²) in [5.41, 5.74) is 4.24. The van der Waals surface area contributed by atoms with Crippen molar-refractivity contribution in [3.05, 3.63) is 22.8 Å². The largest absolute Gasteiger partial charge is 0.293 e. The summed E-state index contributed by atoms with van der Waals surface area (Å²) in [6.07, 6.45) is 3.96. The van der Waals surface area contributed by atoms with Crippen LogP contribution in [0.4, 0.5) is 0 Å². The topological polar surface area (TPSA) is 36.1 Å². The zero-order valence-electron chi connectivity index (χ0n) is 8.39. The van der Waals surface area contributed by atoms with E-state index in [2.05, 4.69) is 11.1 Å². The molecule has 0 radical (unpaired) electrons. The number of rotatable bonds is 1. The van der Waals surface area contributed by atoms with Crippen LogP contribution in [0.25, 0.3) is 0 Å². The van der Waals surface area contributed by atoms with Gasteiger partial charge in [-0.3, -0.25) is 4.99 Å². The van der Waals surface area contributed by atoms with E-state index >= 15 is 0 Å². The monoisotopic (exact) mass is 174 g/mol. The van der Waals surface area contributed by atoms with E-state index in [0.717, 1.165) is 24.1 Å². The number of aliphatic imine (C=N–C) groups is 1. The molecule has 2 heteroatoms. The minimum atomic E-state index is 0.809. The molecule has 0 saturated heterocycles. The van der Waals surface area contributed by atoms with Crippen LogP contribution in [-0.2, 0) is 0 Å². The molecule has 2 nitrogen and oxygen atoms in total. The lowest BCUT2D eigenvalue weighted by atomic mass is 9.92. The second-order valence-electron chi connectivity index (χ2n) is 3.28. The Hall–Kier alpha value is -1.36. The zero-order chi connectivity index (χ0) is 9.84. The molecular weight excluding hydrogens is 160 g/mol. The lowest BCUT2D eigenvalue weighted by molar-refractivity contribution is 0.924. The van der Waals surface area contributed by atoms with Crippen LogP contribution in [-0.4, -0.2) is 12.8 Å². The predicted molar refractivity (Wildman–Crippen MR) is 54.7 cm³/mol. The van der Waals surface area contributed by atoms with Gasteiger partial charge in [0, 0.05) is 12.8 Å². The van der Waals surface area contributed by atoms with Crippen molar-refractivity contribution in [1.29, 1.82) is 5.26 Å². The van der Waals surface area contributed by atoms with Crippen LogP contribution in [0.1, 0.15) is 26.7 Å². The van der Waals surface area contributed by atoms with Crippen LogP contribution >= 0.6 is 0 Å². The molecule has 0 aliphatic heterocycles. The number of hydrogen-bond acceptors (Lipinski definition) is 2. The first-order chi connectivity index (χ1) is 6.19. The minimum Gasteiger partial charge on any atom is -0.293 e. The van der Waals surface area contributed by atoms with E-state index in [1.807, 2.05) is 19.9 Å². The standard InChI is InChI=1S/C11H14N2/c1-8-4-5-10(9(2)13-3)6-11(8)7-12/h6H,4-5H2,1-3H3. The summed E-state index contributed by atoms with van der Waals surface area (Å²) >= 11 is 0. The molecule has 1 aliphatic carbocycles. The van der Waals surface area contributed by atoms with Crippen molar-refractivity contribution in [2.24, 2.45) is 4.99 Å². The maximum atomic E-state index is 8.84. The highest BCUT2D eigenvalue weighted by atomic mass is 14.7. The van der Waals surface area contributed by atoms with E-state index in [1.54, 1.807) is 7.05 Å². The molecule has 0 aromatic rings. The van der Waals surface area contributed by atoms with Gasteiger partial charge in [0.05, 0.1) is 11.6 Å². The van der Waals surface area contributed by atoms with Gasteiger partial charge in [-0.25, -0.2) is 0 Å². The Morgan fingerprint density at radius 2 is 2.23 bits per heavy atom. The molecule has 0 saturated carbocycles. The van der Waals surface area contributed by atoms with Crippen molar-refractivity contribution in [2.45, 2.75) is 26.7 Å². The Bertz CT molecular complexity index is 338. The van der Waals surface area contributed by atoms with E-state index in [0.29, 0.717) is 0 Å². The third-order valence-corrected chi connectivity index (χ3v) is 2.47. The van der Waals surface area contributed by atoms with Gasteiger partial charge in [0.15, 0.2) is 0 Å². The lowest BCUT2D eigenvalue weighted by Crippen LogP contribution is -2.03. The van der Waals surface area contributed by atoms with Crippen molar-refractivity contribution in [3.63, 3.8) is 0 Å². The second kappa shape index (κ2) is 4.04. The zero-order valence-corrected chi connectivity index (χ0v) is 8.39. The van der Waals surface area contributed by atoms with Crippen LogP contribution in [0.15, 0.2) is 27.8 Å². The Balaban J connectivity index is 3.02. The van der Waals surface area contributed by atoms with Crippen LogP contribution in [0.3, 0.4) is 0 Å². The highest BCUT2D eigenvalue weighted by Gasteiger charge is 2.11. The van der Waals surface area contributed by atoms with Gasteiger partial charge in [0.2, 0.25) is 0 Å². The van der Waals surface area contributed by atoms with Crippen molar-refractivity contribution in [3.8, 4) is 6.07 Å². The fraction of sp³-hybridized carbons (Fsp3) is 0.455. The van der Waals surface area contributed by atoms with Gasteiger partial charge in [-0.2, -0.15) is 5.26 Å². The molecule has 0 unspecified atom stereocenters. The fourth-order valence-electron chi connectivity index (χ4n) is 1.38. The molecule has 0 heterocycles. The fourth-order valence-corrected chi connectivity index (χ4v) is 1.38. The molecule has 0 amide bonds. The minimum absolute atomic E-state index is 0.809. The summed E-state index contributed by atoms with van der Waals surface area (Å²) in [6, 6.07) is 2.21. The average molecular weight is 174 g/mol. The van der Waals surface area contributed by atoms with Gasteiger partial charge in [0.25, 0.3) is 0 Å². The number of nitriles is 1. The second-order valence-corrected chi connectivity index (χ2v) is 3.28. The Morgan fingerprint density at radius 3 is 2.77 bits per heavy atom. The maximum Gasteiger partial charge on any atom is 0.0991 e. The number of hydrogen-bond donors (Lipinski definition) is 0. The molecule has 0 fully saturated rings. The quantitative estimate of drug-likeness (QED) is 0.563. The molecule has 13 heavy (non-hydrogen) atoms. The first-order valence-corrected chi connectivity index (χ1v) is 4.43. The van der Waals surface area contributed by atoms with Gasteiger partial charge in [-0.15, -0.1) is 0 Å². The smallest absolute Gasteiger partial charge is 0.0991 e. The van der Waals surface area contributed by atoms with E-state index < -0.39 is 0 Å². The van der Waals surface area contributed by atoms with Crippen molar-refractivity contribution < 1.29 is 0 Å². The average Bonchev–Trinajstić information content (AvgIpc) is 2.17. The van der Waals surface area contributed by atoms with E-state index in [9.17, 15) is 0 Å². The third-order valence-electron chi connectivity index (χ3n) is 2.47. The molecule has 1 aliphatic rings. The molecular formula is C11H14N2. The van der Waals surface area contributed by atoms with Crippen LogP contribution in [0.5, 0.6) is 0 Å². The molecule has 0 aromatic carbocycles. The summed E-state index contributed by atoms with van der Waals surface area (Å²) in [5, 5.41) is 8.84. The summed E-state index contributed by atoms with van der Waals surface area (Å²) in [7, 11) is 1.79. The highest BCUT2D eigenvalue weighted by molar-refractivity contribution is 5.99. The van der Waals surface area contributed by atoms with Gasteiger partial charge < -0.3 is 0 Å². The van der Waals surface area contributed by atoms with E-state index in [4.69, 9.17) is 5.26 Å². The van der Waals surface area contributed by atoms with E-state index in [-0.39, 0.29) is 0 Å². The first kappa shape index (κ1) is 9.73. The molecule has 0 bridgehead atoms. The summed E-state index contributed by atoms with van der Waals surface area (Å²) in [4.78, 5) is 4.12. The number of nitrogens with zero attached hydrogens (tertiary/aromatic N) is 2. The van der Waals surface area contributed by atoms with Gasteiger partial charge in [-0.1, -0.05) is 5.57 Å². The summed E-state index contributed by atoms with van der Waals surface area (Å²) < 4.78 is 0. The van der Waals surface area contributed by atoms with Crippen LogP contribution < -0.4 is 0 Å². The normalized spacial score (nSPS) is 18.3. The molecule has 1 rings (SSSR count). The molecule has 0 spiro atoms. The van der Waals surface area contributed by atoms with Gasteiger partial charge in [-0.05, 0) is 38.3 Å². The number of allylic oxidation sites excluding steroid dienone is 4. The van der Waals surface area contributed by atoms with Gasteiger partial charge in [0.1, 0.15) is 0 Å². The Morgan fingerprint density at radius 1 is 1.54 bits per heavy atom. The van der Waals surface area contributed by atoms with Crippen molar-refractivity contribution in [1.82, 2.24) is 0 Å². The SMILES string of the molecule is CN=C(C)C1=CC(C#N)=C(C)CC1. The van der Waals surface area contributed by atoms with E-state index in [1.165, 1.54) is 11.1 Å². The molecule has 0 atom stereocenters. The molecule has 68 valence electrons. The van der Waals surface area contributed by atoms with Gasteiger partial charge >= 0.3 is 0 Å². The maximum absolute atomic E-state index is 8.84. The molecule has 0 aromatic heterocycles. The summed E-state index contributed by atoms with van der Waals surface area (Å²) in [5.74, 6) is 0. The van der Waals surface area contributed by atoms with Crippen molar-refractivity contribution in [2.75, 3.05) is 7.05 Å². The predicted octanol–water partition coefficient (Wildman–Crippen LogP) is 2.64. The Labute approximate surface area is 79.3 Å². The lowest BCUT2D eigenvalue weighted by Gasteiger charge is -2.13. The highest BCUT2D eigenvalue weighted by Crippen LogP contribution is 2.23. The van der Waals surface area contributed by atoms with Crippen LogP contribution in [0, 0.1) is 11.3 Å². The van der Waals surface area contributed by atoms with Crippen LogP contribution in [0.2, 0.25) is 0 Å². The third kappa shape index (κ3) is 2.06. The Kier molecular flexibility index (Phi) is 3.02. The first-order valence-electron chi connectivity index (χ1n) is 4.43. The molecule has 0 N–H and O–H groups in total. The van der Waals surface area contributed by atoms with Crippen molar-refractivity contribution >= 4 is 5.71 Å². The summed E-state index contributed by atoms with van der Waals surface area (Å²) in [6.45, 7) is 4.01.